The molecule has 2 aromatic rings. The van der Waals surface area contributed by atoms with Crippen molar-refractivity contribution in [2.75, 3.05) is 6.54 Å². The summed E-state index contributed by atoms with van der Waals surface area (Å²) in [7, 11) is 0. The van der Waals surface area contributed by atoms with Crippen molar-refractivity contribution in [1.29, 1.82) is 0 Å². The van der Waals surface area contributed by atoms with Crippen LogP contribution < -0.4 is 5.32 Å². The van der Waals surface area contributed by atoms with Gasteiger partial charge in [0.25, 0.3) is 5.91 Å². The smallest absolute Gasteiger partial charge is 0.251 e. The van der Waals surface area contributed by atoms with E-state index in [9.17, 15) is 9.18 Å². The van der Waals surface area contributed by atoms with Gasteiger partial charge in [-0.3, -0.25) is 9.48 Å². The van der Waals surface area contributed by atoms with Crippen molar-refractivity contribution < 1.29 is 9.18 Å². The number of nitrogens with zero attached hydrogens (tertiary/aromatic N) is 2. The van der Waals surface area contributed by atoms with E-state index in [1.807, 2.05) is 24.6 Å². The number of benzene rings is 1. The van der Waals surface area contributed by atoms with Gasteiger partial charge in [-0.05, 0) is 44.5 Å². The molecule has 0 radical (unpaired) electrons. The average molecular weight is 275 g/mol. The molecule has 0 saturated carbocycles. The fraction of sp³-hybridized carbons (Fsp3) is 0.333. The monoisotopic (exact) mass is 275 g/mol. The van der Waals surface area contributed by atoms with Crippen LogP contribution in [0.15, 0.2) is 30.3 Å². The van der Waals surface area contributed by atoms with E-state index < -0.39 is 5.82 Å². The van der Waals surface area contributed by atoms with E-state index in [1.165, 1.54) is 18.2 Å². The molecule has 0 spiro atoms. The lowest BCUT2D eigenvalue weighted by atomic mass is 10.2. The quantitative estimate of drug-likeness (QED) is 0.852. The van der Waals surface area contributed by atoms with Crippen molar-refractivity contribution in [3.63, 3.8) is 0 Å². The van der Waals surface area contributed by atoms with Crippen LogP contribution in [0.4, 0.5) is 4.39 Å². The van der Waals surface area contributed by atoms with Gasteiger partial charge in [0.1, 0.15) is 5.82 Å². The number of hydrogen-bond donors (Lipinski definition) is 1. The molecule has 20 heavy (non-hydrogen) atoms. The molecule has 1 aromatic heterocycles. The van der Waals surface area contributed by atoms with E-state index in [4.69, 9.17) is 0 Å². The van der Waals surface area contributed by atoms with Gasteiger partial charge >= 0.3 is 0 Å². The van der Waals surface area contributed by atoms with Gasteiger partial charge in [-0.2, -0.15) is 5.10 Å². The highest BCUT2D eigenvalue weighted by Gasteiger charge is 2.06. The summed E-state index contributed by atoms with van der Waals surface area (Å²) in [5, 5.41) is 7.13. The second-order valence-corrected chi connectivity index (χ2v) is 4.77. The van der Waals surface area contributed by atoms with Crippen molar-refractivity contribution in [2.24, 2.45) is 0 Å². The van der Waals surface area contributed by atoms with Crippen LogP contribution >= 0.6 is 0 Å². The minimum Gasteiger partial charge on any atom is -0.352 e. The minimum absolute atomic E-state index is 0.252. The maximum atomic E-state index is 13.0. The van der Waals surface area contributed by atoms with Crippen LogP contribution in [0, 0.1) is 19.7 Å². The first-order chi connectivity index (χ1) is 9.56. The third-order valence-electron chi connectivity index (χ3n) is 3.02. The second kappa shape index (κ2) is 6.32. The van der Waals surface area contributed by atoms with Crippen molar-refractivity contribution in [2.45, 2.75) is 26.8 Å². The molecule has 1 amide bonds. The average Bonchev–Trinajstić information content (AvgIpc) is 2.73. The molecule has 0 aliphatic carbocycles. The molecular formula is C15H18FN3O. The summed E-state index contributed by atoms with van der Waals surface area (Å²) in [4.78, 5) is 11.8. The summed E-state index contributed by atoms with van der Waals surface area (Å²) in [5.41, 5.74) is 2.45. The lowest BCUT2D eigenvalue weighted by Gasteiger charge is -2.07. The number of amides is 1. The van der Waals surface area contributed by atoms with E-state index in [0.717, 1.165) is 24.4 Å². The number of carbonyl (C=O) groups is 1. The summed E-state index contributed by atoms with van der Waals surface area (Å²) in [5.74, 6) is -0.654. The van der Waals surface area contributed by atoms with Crippen molar-refractivity contribution in [3.8, 4) is 0 Å². The minimum atomic E-state index is -0.403. The van der Waals surface area contributed by atoms with Gasteiger partial charge < -0.3 is 5.32 Å². The van der Waals surface area contributed by atoms with Gasteiger partial charge in [-0.15, -0.1) is 0 Å². The second-order valence-electron chi connectivity index (χ2n) is 4.77. The third-order valence-corrected chi connectivity index (χ3v) is 3.02. The number of aryl methyl sites for hydroxylation is 3. The van der Waals surface area contributed by atoms with Crippen LogP contribution in [0.5, 0.6) is 0 Å². The molecule has 0 unspecified atom stereocenters. The number of carbonyl (C=O) groups excluding carboxylic acids is 1. The molecule has 0 aliphatic rings. The Kier molecular flexibility index (Phi) is 4.50. The Morgan fingerprint density at radius 3 is 2.80 bits per heavy atom. The van der Waals surface area contributed by atoms with E-state index in [0.29, 0.717) is 12.1 Å². The number of rotatable bonds is 5. The fourth-order valence-corrected chi connectivity index (χ4v) is 2.06. The number of aromatic nitrogens is 2. The summed E-state index contributed by atoms with van der Waals surface area (Å²) in [6.45, 7) is 5.25. The Balaban J connectivity index is 1.79. The zero-order valence-corrected chi connectivity index (χ0v) is 11.7. The fourth-order valence-electron chi connectivity index (χ4n) is 2.06. The molecule has 1 N–H and O–H groups in total. The van der Waals surface area contributed by atoms with Crippen molar-refractivity contribution >= 4 is 5.91 Å². The lowest BCUT2D eigenvalue weighted by Crippen LogP contribution is -2.25. The molecule has 4 nitrogen and oxygen atoms in total. The molecule has 2 rings (SSSR count). The first kappa shape index (κ1) is 14.2. The molecule has 0 bridgehead atoms. The molecule has 106 valence electrons. The predicted molar refractivity (Wildman–Crippen MR) is 75.1 cm³/mol. The maximum Gasteiger partial charge on any atom is 0.251 e. The Hall–Kier alpha value is -2.17. The van der Waals surface area contributed by atoms with Gasteiger partial charge in [-0.1, -0.05) is 6.07 Å². The van der Waals surface area contributed by atoms with E-state index in [-0.39, 0.29) is 5.91 Å². The normalized spacial score (nSPS) is 10.6. The highest BCUT2D eigenvalue weighted by Crippen LogP contribution is 2.04. The molecule has 1 aromatic carbocycles. The molecule has 1 heterocycles. The van der Waals surface area contributed by atoms with Crippen LogP contribution in [0.25, 0.3) is 0 Å². The Morgan fingerprint density at radius 2 is 2.15 bits per heavy atom. The van der Waals surface area contributed by atoms with E-state index in [1.54, 1.807) is 6.07 Å². The number of halogens is 1. The summed E-state index contributed by atoms with van der Waals surface area (Å²) >= 11 is 0. The van der Waals surface area contributed by atoms with Gasteiger partial charge in [0.15, 0.2) is 0 Å². The standard InChI is InChI=1S/C15H18FN3O/c1-11-9-12(2)19(18-11)8-4-7-17-15(20)13-5-3-6-14(16)10-13/h3,5-6,9-10H,4,7-8H2,1-2H3,(H,17,20). The van der Waals surface area contributed by atoms with Crippen LogP contribution in [0.2, 0.25) is 0 Å². The Bertz CT molecular complexity index is 607. The zero-order valence-electron chi connectivity index (χ0n) is 11.7. The highest BCUT2D eigenvalue weighted by atomic mass is 19.1. The molecule has 5 heteroatoms. The SMILES string of the molecule is Cc1cc(C)n(CCCNC(=O)c2cccc(F)c2)n1. The van der Waals surface area contributed by atoms with Crippen LogP contribution in [0.1, 0.15) is 28.2 Å². The number of nitrogens with one attached hydrogen (secondary N) is 1. The third kappa shape index (κ3) is 3.66. The van der Waals surface area contributed by atoms with Gasteiger partial charge in [0, 0.05) is 24.3 Å². The summed E-state index contributed by atoms with van der Waals surface area (Å²) < 4.78 is 14.9. The van der Waals surface area contributed by atoms with E-state index in [2.05, 4.69) is 10.4 Å². The van der Waals surface area contributed by atoms with Gasteiger partial charge in [0.05, 0.1) is 5.69 Å². The lowest BCUT2D eigenvalue weighted by molar-refractivity contribution is 0.0952. The predicted octanol–water partition coefficient (Wildman–Crippen LogP) is 2.46. The largest absolute Gasteiger partial charge is 0.352 e. The Labute approximate surface area is 117 Å². The maximum absolute atomic E-state index is 13.0. The molecule has 0 saturated heterocycles. The van der Waals surface area contributed by atoms with Crippen molar-refractivity contribution in [3.05, 3.63) is 53.1 Å². The summed E-state index contributed by atoms with van der Waals surface area (Å²) in [6, 6.07) is 7.70. The first-order valence-electron chi connectivity index (χ1n) is 6.61. The molecule has 0 aliphatic heterocycles. The van der Waals surface area contributed by atoms with Gasteiger partial charge in [0.2, 0.25) is 0 Å². The zero-order chi connectivity index (χ0) is 14.5. The van der Waals surface area contributed by atoms with Crippen LogP contribution in [-0.4, -0.2) is 22.2 Å². The number of hydrogen-bond acceptors (Lipinski definition) is 2. The van der Waals surface area contributed by atoms with Gasteiger partial charge in [-0.25, -0.2) is 4.39 Å². The highest BCUT2D eigenvalue weighted by molar-refractivity contribution is 5.94. The molecular weight excluding hydrogens is 257 g/mol. The topological polar surface area (TPSA) is 46.9 Å². The van der Waals surface area contributed by atoms with E-state index >= 15 is 0 Å². The first-order valence-corrected chi connectivity index (χ1v) is 6.61. The van der Waals surface area contributed by atoms with Crippen LogP contribution in [0.3, 0.4) is 0 Å². The molecule has 0 atom stereocenters. The Morgan fingerprint density at radius 1 is 1.35 bits per heavy atom. The van der Waals surface area contributed by atoms with Crippen LogP contribution in [-0.2, 0) is 6.54 Å². The van der Waals surface area contributed by atoms with Crippen molar-refractivity contribution in [1.82, 2.24) is 15.1 Å². The summed E-state index contributed by atoms with van der Waals surface area (Å²) in [6.07, 6.45) is 0.781. The molecule has 0 fully saturated rings.